The summed E-state index contributed by atoms with van der Waals surface area (Å²) in [6, 6.07) is 50.1. The SMILES string of the molecule is C1=CC(N(c2ccccc2)c2ccccc2)Cc2c1sc1c2sc2ccc(N(c3ccccc3)c3ccccc3)cc21. The van der Waals surface area contributed by atoms with Gasteiger partial charge in [-0.1, -0.05) is 78.9 Å². The van der Waals surface area contributed by atoms with E-state index in [0.717, 1.165) is 17.8 Å². The van der Waals surface area contributed by atoms with Crippen LogP contribution in [0.3, 0.4) is 0 Å². The van der Waals surface area contributed by atoms with E-state index in [1.54, 1.807) is 0 Å². The molecule has 5 aromatic carbocycles. The lowest BCUT2D eigenvalue weighted by atomic mass is 9.97. The third kappa shape index (κ3) is 4.40. The Morgan fingerprint density at radius 2 is 1.07 bits per heavy atom. The summed E-state index contributed by atoms with van der Waals surface area (Å²) in [5.41, 5.74) is 7.41. The molecule has 0 N–H and O–H groups in total. The number of hydrogen-bond acceptors (Lipinski definition) is 4. The van der Waals surface area contributed by atoms with E-state index in [4.69, 9.17) is 0 Å². The van der Waals surface area contributed by atoms with Gasteiger partial charge >= 0.3 is 0 Å². The zero-order valence-corrected chi connectivity index (χ0v) is 24.6. The zero-order valence-electron chi connectivity index (χ0n) is 22.9. The molecule has 42 heavy (non-hydrogen) atoms. The minimum Gasteiger partial charge on any atom is -0.334 e. The number of anilines is 5. The van der Waals surface area contributed by atoms with Crippen molar-refractivity contribution in [3.63, 3.8) is 0 Å². The van der Waals surface area contributed by atoms with E-state index in [0.29, 0.717) is 0 Å². The van der Waals surface area contributed by atoms with Gasteiger partial charge < -0.3 is 9.80 Å². The van der Waals surface area contributed by atoms with Gasteiger partial charge in [0.05, 0.1) is 15.4 Å². The molecule has 1 aliphatic carbocycles. The first kappa shape index (κ1) is 25.1. The average molecular weight is 577 g/mol. The van der Waals surface area contributed by atoms with Crippen LogP contribution in [0.15, 0.2) is 146 Å². The van der Waals surface area contributed by atoms with Gasteiger partial charge in [0.25, 0.3) is 0 Å². The Kier molecular flexibility index (Phi) is 6.36. The van der Waals surface area contributed by atoms with Crippen LogP contribution < -0.4 is 9.80 Å². The summed E-state index contributed by atoms with van der Waals surface area (Å²) in [4.78, 5) is 6.22. The lowest BCUT2D eigenvalue weighted by molar-refractivity contribution is 0.774. The molecule has 7 aromatic rings. The maximum atomic E-state index is 2.48. The summed E-state index contributed by atoms with van der Waals surface area (Å²) in [5, 5.41) is 1.34. The summed E-state index contributed by atoms with van der Waals surface area (Å²) in [6.45, 7) is 0. The van der Waals surface area contributed by atoms with E-state index < -0.39 is 0 Å². The minimum atomic E-state index is 0.243. The van der Waals surface area contributed by atoms with Crippen molar-refractivity contribution in [2.24, 2.45) is 0 Å². The average Bonchev–Trinajstić information content (AvgIpc) is 3.59. The van der Waals surface area contributed by atoms with Crippen molar-refractivity contribution in [2.75, 3.05) is 9.80 Å². The third-order valence-electron chi connectivity index (χ3n) is 7.98. The predicted octanol–water partition coefficient (Wildman–Crippen LogP) is 11.4. The van der Waals surface area contributed by atoms with Crippen LogP contribution in [0.2, 0.25) is 0 Å². The van der Waals surface area contributed by atoms with E-state index in [1.165, 1.54) is 47.0 Å². The fraction of sp³-hybridized carbons (Fsp3) is 0.0526. The Labute approximate surface area is 254 Å². The second kappa shape index (κ2) is 10.6. The van der Waals surface area contributed by atoms with Crippen molar-refractivity contribution in [2.45, 2.75) is 12.5 Å². The fourth-order valence-electron chi connectivity index (χ4n) is 6.08. The molecular weight excluding hydrogens is 549 g/mol. The summed E-state index contributed by atoms with van der Waals surface area (Å²) in [6.07, 6.45) is 5.73. The van der Waals surface area contributed by atoms with E-state index in [-0.39, 0.29) is 6.04 Å². The molecule has 0 amide bonds. The number of para-hydroxylation sites is 4. The van der Waals surface area contributed by atoms with Crippen molar-refractivity contribution in [3.8, 4) is 0 Å². The molecular formula is C38H28N2S2. The van der Waals surface area contributed by atoms with Crippen LogP contribution in [0.25, 0.3) is 25.6 Å². The molecule has 0 spiro atoms. The summed E-state index contributed by atoms with van der Waals surface area (Å²) >= 11 is 3.88. The molecule has 0 radical (unpaired) electrons. The molecule has 1 unspecified atom stereocenters. The van der Waals surface area contributed by atoms with Crippen molar-refractivity contribution < 1.29 is 0 Å². The smallest absolute Gasteiger partial charge is 0.0567 e. The Hall–Kier alpha value is -4.64. The first-order chi connectivity index (χ1) is 20.8. The maximum absolute atomic E-state index is 2.48. The minimum absolute atomic E-state index is 0.243. The second-order valence-electron chi connectivity index (χ2n) is 10.6. The van der Waals surface area contributed by atoms with Gasteiger partial charge in [0, 0.05) is 43.4 Å². The molecule has 8 rings (SSSR count). The molecule has 0 saturated carbocycles. The quantitative estimate of drug-likeness (QED) is 0.194. The predicted molar refractivity (Wildman–Crippen MR) is 183 cm³/mol. The number of rotatable bonds is 6. The summed E-state index contributed by atoms with van der Waals surface area (Å²) < 4.78 is 4.18. The molecule has 1 aliphatic rings. The van der Waals surface area contributed by atoms with Crippen LogP contribution >= 0.6 is 22.7 Å². The van der Waals surface area contributed by atoms with Crippen LogP contribution in [0.1, 0.15) is 10.4 Å². The van der Waals surface area contributed by atoms with Crippen LogP contribution in [0, 0.1) is 0 Å². The monoisotopic (exact) mass is 576 g/mol. The highest BCUT2D eigenvalue weighted by Gasteiger charge is 2.27. The van der Waals surface area contributed by atoms with Crippen LogP contribution in [0.5, 0.6) is 0 Å². The van der Waals surface area contributed by atoms with E-state index in [2.05, 4.69) is 161 Å². The van der Waals surface area contributed by atoms with Gasteiger partial charge in [-0.2, -0.15) is 0 Å². The number of thiophene rings is 2. The molecule has 0 fully saturated rings. The Morgan fingerprint density at radius 3 is 1.64 bits per heavy atom. The molecule has 1 atom stereocenters. The zero-order chi connectivity index (χ0) is 27.9. The Morgan fingerprint density at radius 1 is 0.524 bits per heavy atom. The van der Waals surface area contributed by atoms with Crippen molar-refractivity contribution >= 4 is 76.7 Å². The standard InChI is InChI=1S/C38H28N2S2/c1-5-13-27(14-6-1)39(28-15-7-2-8-16-28)31-21-23-35-33(25-31)37-38(41-35)34-26-32(22-24-36(34)42-37)40(29-17-9-3-10-18-29)30-19-11-4-12-20-30/h1-25,32H,26H2. The third-order valence-corrected chi connectivity index (χ3v) is 10.6. The summed E-state index contributed by atoms with van der Waals surface area (Å²) in [7, 11) is 0. The second-order valence-corrected chi connectivity index (χ2v) is 12.7. The van der Waals surface area contributed by atoms with E-state index >= 15 is 0 Å². The van der Waals surface area contributed by atoms with Crippen molar-refractivity contribution in [3.05, 3.63) is 156 Å². The number of fused-ring (bicyclic) bond motifs is 5. The Bertz CT molecular complexity index is 1930. The first-order valence-electron chi connectivity index (χ1n) is 14.3. The Balaban J connectivity index is 1.21. The first-order valence-corrected chi connectivity index (χ1v) is 15.9. The van der Waals surface area contributed by atoms with Crippen LogP contribution in [0.4, 0.5) is 28.4 Å². The van der Waals surface area contributed by atoms with Crippen LogP contribution in [-0.4, -0.2) is 6.04 Å². The molecule has 0 saturated heterocycles. The van der Waals surface area contributed by atoms with Crippen molar-refractivity contribution in [1.82, 2.24) is 0 Å². The molecule has 202 valence electrons. The highest BCUT2D eigenvalue weighted by Crippen LogP contribution is 2.48. The van der Waals surface area contributed by atoms with E-state index in [9.17, 15) is 0 Å². The molecule has 2 aromatic heterocycles. The van der Waals surface area contributed by atoms with Crippen LogP contribution in [-0.2, 0) is 6.42 Å². The molecule has 2 nitrogen and oxygen atoms in total. The highest BCUT2D eigenvalue weighted by atomic mass is 32.1. The van der Waals surface area contributed by atoms with Gasteiger partial charge in [-0.3, -0.25) is 0 Å². The van der Waals surface area contributed by atoms with Gasteiger partial charge in [-0.25, -0.2) is 0 Å². The highest BCUT2D eigenvalue weighted by molar-refractivity contribution is 7.33. The van der Waals surface area contributed by atoms with Gasteiger partial charge in [-0.15, -0.1) is 22.7 Å². The molecule has 0 bridgehead atoms. The normalized spacial score (nSPS) is 14.2. The largest absolute Gasteiger partial charge is 0.334 e. The molecule has 0 aliphatic heterocycles. The number of nitrogens with zero attached hydrogens (tertiary/aromatic N) is 2. The van der Waals surface area contributed by atoms with Gasteiger partial charge in [-0.05, 0) is 84.8 Å². The van der Waals surface area contributed by atoms with E-state index in [1.807, 2.05) is 22.7 Å². The summed E-state index contributed by atoms with van der Waals surface area (Å²) in [5.74, 6) is 0. The van der Waals surface area contributed by atoms with Crippen molar-refractivity contribution in [1.29, 1.82) is 0 Å². The lowest BCUT2D eigenvalue weighted by Crippen LogP contribution is -2.32. The van der Waals surface area contributed by atoms with Gasteiger partial charge in [0.2, 0.25) is 0 Å². The number of benzene rings is 5. The topological polar surface area (TPSA) is 6.48 Å². The number of hydrogen-bond donors (Lipinski definition) is 0. The fourth-order valence-corrected chi connectivity index (χ4v) is 8.77. The molecule has 2 heterocycles. The van der Waals surface area contributed by atoms with Gasteiger partial charge in [0.15, 0.2) is 0 Å². The maximum Gasteiger partial charge on any atom is 0.0567 e. The lowest BCUT2D eigenvalue weighted by Gasteiger charge is -2.33. The molecule has 4 heteroatoms. The van der Waals surface area contributed by atoms with Gasteiger partial charge in [0.1, 0.15) is 0 Å².